The van der Waals surface area contributed by atoms with E-state index in [-0.39, 0.29) is 16.8 Å². The molecule has 15 heavy (non-hydrogen) atoms. The molecule has 1 aliphatic rings. The van der Waals surface area contributed by atoms with Gasteiger partial charge in [0.15, 0.2) is 0 Å². The van der Waals surface area contributed by atoms with Crippen LogP contribution in [0.4, 0.5) is 0 Å². The summed E-state index contributed by atoms with van der Waals surface area (Å²) in [7, 11) is -3.29. The van der Waals surface area contributed by atoms with Gasteiger partial charge in [0.1, 0.15) is 0 Å². The monoisotopic (exact) mass is 251 g/mol. The van der Waals surface area contributed by atoms with E-state index in [0.29, 0.717) is 0 Å². The van der Waals surface area contributed by atoms with Gasteiger partial charge in [0.25, 0.3) is 0 Å². The third-order valence-corrected chi connectivity index (χ3v) is 4.21. The summed E-state index contributed by atoms with van der Waals surface area (Å²) in [5.74, 6) is 0.641. The van der Waals surface area contributed by atoms with E-state index >= 15 is 0 Å². The lowest BCUT2D eigenvalue weighted by Gasteiger charge is -2.13. The highest BCUT2D eigenvalue weighted by Crippen LogP contribution is 2.33. The van der Waals surface area contributed by atoms with E-state index in [4.69, 9.17) is 11.6 Å². The first kappa shape index (κ1) is 13.0. The van der Waals surface area contributed by atoms with Crippen LogP contribution in [0.2, 0.25) is 0 Å². The molecule has 0 aromatic heterocycles. The van der Waals surface area contributed by atoms with Crippen molar-refractivity contribution in [2.24, 2.45) is 5.92 Å². The van der Waals surface area contributed by atoms with Crippen LogP contribution in [0, 0.1) is 5.92 Å². The number of hydrogen-bond donors (Lipinski definition) is 1. The molecule has 1 fully saturated rings. The highest BCUT2D eigenvalue weighted by Gasteiger charge is 2.22. The van der Waals surface area contributed by atoms with Gasteiger partial charge in [-0.2, -0.15) is 0 Å². The van der Waals surface area contributed by atoms with Gasteiger partial charge in [0.2, 0.25) is 10.0 Å². The highest BCUT2D eigenvalue weighted by molar-refractivity contribution is 7.89. The quantitative estimate of drug-likeness (QED) is 0.754. The van der Waals surface area contributed by atoms with Crippen LogP contribution in [0.1, 0.15) is 32.6 Å². The molecule has 3 nitrogen and oxygen atoms in total. The van der Waals surface area contributed by atoms with Gasteiger partial charge in [-0.3, -0.25) is 0 Å². The Morgan fingerprint density at radius 3 is 2.67 bits per heavy atom. The molecule has 88 valence electrons. The summed E-state index contributed by atoms with van der Waals surface area (Å²) >= 11 is 5.47. The summed E-state index contributed by atoms with van der Waals surface area (Å²) < 4.78 is 25.5. The predicted octanol–water partition coefficient (Wildman–Crippen LogP) is 2.24. The van der Waals surface area contributed by atoms with E-state index in [2.05, 4.69) is 11.3 Å². The van der Waals surface area contributed by atoms with Crippen molar-refractivity contribution < 1.29 is 8.42 Å². The normalized spacial score (nSPS) is 18.8. The number of nitrogens with one attached hydrogen (secondary N) is 1. The van der Waals surface area contributed by atoms with Crippen molar-refractivity contribution in [2.45, 2.75) is 38.6 Å². The predicted molar refractivity (Wildman–Crippen MR) is 63.3 cm³/mol. The lowest BCUT2D eigenvalue weighted by atomic mass is 10.1. The van der Waals surface area contributed by atoms with Crippen LogP contribution < -0.4 is 4.72 Å². The molecular formula is C10H18ClNO2S. The summed E-state index contributed by atoms with van der Waals surface area (Å²) in [5.41, 5.74) is 0. The molecule has 0 bridgehead atoms. The van der Waals surface area contributed by atoms with E-state index in [0.717, 1.165) is 18.8 Å². The molecular weight excluding hydrogens is 234 g/mol. The SMILES string of the molecule is C=C(Cl)CS(=O)(=O)N[C@H](C)CCC1CC1. The summed E-state index contributed by atoms with van der Waals surface area (Å²) in [5, 5.41) is 0.150. The van der Waals surface area contributed by atoms with Crippen LogP contribution in [0.25, 0.3) is 0 Å². The lowest BCUT2D eigenvalue weighted by molar-refractivity contribution is 0.525. The van der Waals surface area contributed by atoms with E-state index in [9.17, 15) is 8.42 Å². The summed E-state index contributed by atoms with van der Waals surface area (Å²) in [6.45, 7) is 5.26. The maximum Gasteiger partial charge on any atom is 0.216 e. The summed E-state index contributed by atoms with van der Waals surface area (Å²) in [6.07, 6.45) is 4.63. The fourth-order valence-corrected chi connectivity index (χ4v) is 3.16. The highest BCUT2D eigenvalue weighted by atomic mass is 35.5. The van der Waals surface area contributed by atoms with Gasteiger partial charge in [-0.15, -0.1) is 0 Å². The summed E-state index contributed by atoms with van der Waals surface area (Å²) in [4.78, 5) is 0. The zero-order valence-corrected chi connectivity index (χ0v) is 10.6. The minimum absolute atomic E-state index is 0.00776. The van der Waals surface area contributed by atoms with Crippen molar-refractivity contribution in [1.82, 2.24) is 4.72 Å². The zero-order chi connectivity index (χ0) is 11.5. The van der Waals surface area contributed by atoms with Crippen LogP contribution >= 0.6 is 11.6 Å². The largest absolute Gasteiger partial charge is 0.216 e. The van der Waals surface area contributed by atoms with Gasteiger partial charge in [-0.1, -0.05) is 31.0 Å². The number of hydrogen-bond acceptors (Lipinski definition) is 2. The Balaban J connectivity index is 2.27. The summed E-state index contributed by atoms with van der Waals surface area (Å²) in [6, 6.07) is -0.00776. The van der Waals surface area contributed by atoms with Gasteiger partial charge in [-0.05, 0) is 25.7 Å². The van der Waals surface area contributed by atoms with E-state index in [1.54, 1.807) is 0 Å². The average molecular weight is 252 g/mol. The van der Waals surface area contributed by atoms with Gasteiger partial charge < -0.3 is 0 Å². The fraction of sp³-hybridized carbons (Fsp3) is 0.800. The molecule has 0 amide bonds. The molecule has 0 aliphatic heterocycles. The minimum Gasteiger partial charge on any atom is -0.212 e. The first-order valence-electron chi connectivity index (χ1n) is 5.22. The second kappa shape index (κ2) is 5.32. The van der Waals surface area contributed by atoms with Crippen LogP contribution in [-0.2, 0) is 10.0 Å². The molecule has 1 saturated carbocycles. The molecule has 0 radical (unpaired) electrons. The van der Waals surface area contributed by atoms with Crippen molar-refractivity contribution >= 4 is 21.6 Å². The second-order valence-corrected chi connectivity index (χ2v) is 6.60. The van der Waals surface area contributed by atoms with Crippen molar-refractivity contribution in [1.29, 1.82) is 0 Å². The molecule has 0 spiro atoms. The molecule has 0 heterocycles. The topological polar surface area (TPSA) is 46.2 Å². The molecule has 0 saturated heterocycles. The average Bonchev–Trinajstić information content (AvgIpc) is 2.79. The van der Waals surface area contributed by atoms with E-state index in [1.807, 2.05) is 6.92 Å². The third kappa shape index (κ3) is 6.17. The van der Waals surface area contributed by atoms with Crippen molar-refractivity contribution in [3.63, 3.8) is 0 Å². The van der Waals surface area contributed by atoms with Crippen molar-refractivity contribution in [2.75, 3.05) is 5.75 Å². The van der Waals surface area contributed by atoms with Gasteiger partial charge in [0, 0.05) is 11.1 Å². The van der Waals surface area contributed by atoms with Crippen LogP contribution in [0.5, 0.6) is 0 Å². The molecule has 0 unspecified atom stereocenters. The standard InChI is InChI=1S/C10H18ClNO2S/c1-8(11)7-15(13,14)12-9(2)3-4-10-5-6-10/h9-10,12H,1,3-7H2,2H3/t9-/m1/s1. The van der Waals surface area contributed by atoms with E-state index < -0.39 is 10.0 Å². The maximum atomic E-state index is 11.5. The molecule has 1 rings (SSSR count). The number of halogens is 1. The number of rotatable bonds is 7. The lowest BCUT2D eigenvalue weighted by Crippen LogP contribution is -2.34. The Bertz CT molecular complexity index is 322. The maximum absolute atomic E-state index is 11.5. The van der Waals surface area contributed by atoms with Crippen LogP contribution in [-0.4, -0.2) is 20.2 Å². The first-order chi connectivity index (χ1) is 6.89. The number of sulfonamides is 1. The molecule has 0 aromatic carbocycles. The minimum atomic E-state index is -3.29. The molecule has 1 atom stereocenters. The van der Waals surface area contributed by atoms with Crippen molar-refractivity contribution in [3.8, 4) is 0 Å². The smallest absolute Gasteiger partial charge is 0.212 e. The zero-order valence-electron chi connectivity index (χ0n) is 9.00. The Labute approximate surface area is 96.9 Å². The van der Waals surface area contributed by atoms with Crippen LogP contribution in [0.15, 0.2) is 11.6 Å². The first-order valence-corrected chi connectivity index (χ1v) is 7.25. The Morgan fingerprint density at radius 2 is 2.20 bits per heavy atom. The Morgan fingerprint density at radius 1 is 1.60 bits per heavy atom. The fourth-order valence-electron chi connectivity index (χ4n) is 1.51. The van der Waals surface area contributed by atoms with Crippen LogP contribution in [0.3, 0.4) is 0 Å². The third-order valence-electron chi connectivity index (χ3n) is 2.43. The van der Waals surface area contributed by atoms with Gasteiger partial charge >= 0.3 is 0 Å². The van der Waals surface area contributed by atoms with Gasteiger partial charge in [0.05, 0.1) is 5.75 Å². The second-order valence-electron chi connectivity index (χ2n) is 4.32. The Hall–Kier alpha value is -0.0600. The molecule has 0 aromatic rings. The molecule has 1 N–H and O–H groups in total. The van der Waals surface area contributed by atoms with Gasteiger partial charge in [-0.25, -0.2) is 13.1 Å². The Kier molecular flexibility index (Phi) is 4.62. The van der Waals surface area contributed by atoms with E-state index in [1.165, 1.54) is 12.8 Å². The van der Waals surface area contributed by atoms with Crippen molar-refractivity contribution in [3.05, 3.63) is 11.6 Å². The molecule has 1 aliphatic carbocycles. The molecule has 5 heteroatoms.